The van der Waals surface area contributed by atoms with Crippen molar-refractivity contribution in [3.63, 3.8) is 0 Å². The standard InChI is InChI=1S/C11H12N4OS/c1-12-10(16)6-8-7-17-11(14-8)15-9-4-2-3-5-13-9/h2-5,7H,6H2,1H3,(H,12,16)(H,13,14,15). The van der Waals surface area contributed by atoms with E-state index in [9.17, 15) is 4.79 Å². The van der Waals surface area contributed by atoms with Gasteiger partial charge < -0.3 is 10.6 Å². The average Bonchev–Trinajstić information content (AvgIpc) is 2.77. The Morgan fingerprint density at radius 2 is 2.35 bits per heavy atom. The predicted octanol–water partition coefficient (Wildman–Crippen LogP) is 1.57. The van der Waals surface area contributed by atoms with Gasteiger partial charge in [0.05, 0.1) is 12.1 Å². The van der Waals surface area contributed by atoms with Crippen molar-refractivity contribution in [3.8, 4) is 0 Å². The third-order valence-corrected chi connectivity index (χ3v) is 2.88. The molecule has 0 radical (unpaired) electrons. The van der Waals surface area contributed by atoms with Crippen molar-refractivity contribution in [2.75, 3.05) is 12.4 Å². The SMILES string of the molecule is CNC(=O)Cc1csc(Nc2ccccn2)n1. The summed E-state index contributed by atoms with van der Waals surface area (Å²) in [6.07, 6.45) is 2.01. The molecule has 0 bridgehead atoms. The van der Waals surface area contributed by atoms with Crippen LogP contribution in [0, 0.1) is 0 Å². The molecule has 0 aliphatic heterocycles. The van der Waals surface area contributed by atoms with Crippen molar-refractivity contribution >= 4 is 28.2 Å². The van der Waals surface area contributed by atoms with E-state index in [1.807, 2.05) is 23.6 Å². The van der Waals surface area contributed by atoms with Crippen molar-refractivity contribution in [2.24, 2.45) is 0 Å². The van der Waals surface area contributed by atoms with E-state index in [-0.39, 0.29) is 5.91 Å². The summed E-state index contributed by atoms with van der Waals surface area (Å²) in [5, 5.41) is 8.25. The van der Waals surface area contributed by atoms with Gasteiger partial charge in [0.1, 0.15) is 5.82 Å². The van der Waals surface area contributed by atoms with E-state index in [2.05, 4.69) is 20.6 Å². The van der Waals surface area contributed by atoms with Crippen LogP contribution in [0.25, 0.3) is 0 Å². The molecule has 0 aromatic carbocycles. The second-order valence-corrected chi connectivity index (χ2v) is 4.19. The summed E-state index contributed by atoms with van der Waals surface area (Å²) >= 11 is 1.45. The second kappa shape index (κ2) is 5.40. The van der Waals surface area contributed by atoms with Crippen LogP contribution in [0.4, 0.5) is 10.9 Å². The molecule has 17 heavy (non-hydrogen) atoms. The first kappa shape index (κ1) is 11.5. The summed E-state index contributed by atoms with van der Waals surface area (Å²) < 4.78 is 0. The Hall–Kier alpha value is -1.95. The molecule has 5 nitrogen and oxygen atoms in total. The molecule has 0 saturated carbocycles. The number of carbonyl (C=O) groups excluding carboxylic acids is 1. The monoisotopic (exact) mass is 248 g/mol. The summed E-state index contributed by atoms with van der Waals surface area (Å²) in [5.74, 6) is 0.702. The van der Waals surface area contributed by atoms with Crippen LogP contribution in [0.2, 0.25) is 0 Å². The molecule has 0 atom stereocenters. The lowest BCUT2D eigenvalue weighted by molar-refractivity contribution is -0.120. The first-order valence-electron chi connectivity index (χ1n) is 5.11. The van der Waals surface area contributed by atoms with Gasteiger partial charge in [-0.1, -0.05) is 6.07 Å². The number of hydrogen-bond acceptors (Lipinski definition) is 5. The zero-order chi connectivity index (χ0) is 12.1. The number of anilines is 2. The minimum absolute atomic E-state index is 0.0420. The van der Waals surface area contributed by atoms with Crippen LogP contribution in [0.3, 0.4) is 0 Å². The fourth-order valence-electron chi connectivity index (χ4n) is 1.24. The third kappa shape index (κ3) is 3.25. The summed E-state index contributed by atoms with van der Waals surface area (Å²) in [6.45, 7) is 0. The van der Waals surface area contributed by atoms with E-state index in [1.54, 1.807) is 13.2 Å². The van der Waals surface area contributed by atoms with Crippen LogP contribution in [0.1, 0.15) is 5.69 Å². The number of likely N-dealkylation sites (N-methyl/N-ethyl adjacent to an activating group) is 1. The molecule has 88 valence electrons. The molecule has 1 amide bonds. The van der Waals surface area contributed by atoms with Crippen molar-refractivity contribution < 1.29 is 4.79 Å². The molecular weight excluding hydrogens is 236 g/mol. The van der Waals surface area contributed by atoms with Gasteiger partial charge in [-0.05, 0) is 12.1 Å². The van der Waals surface area contributed by atoms with Crippen LogP contribution in [-0.2, 0) is 11.2 Å². The summed E-state index contributed by atoms with van der Waals surface area (Å²) in [5.41, 5.74) is 0.757. The van der Waals surface area contributed by atoms with Gasteiger partial charge in [-0.25, -0.2) is 9.97 Å². The third-order valence-electron chi connectivity index (χ3n) is 2.07. The van der Waals surface area contributed by atoms with Crippen LogP contribution in [0.15, 0.2) is 29.8 Å². The van der Waals surface area contributed by atoms with Gasteiger partial charge in [-0.3, -0.25) is 4.79 Å². The highest BCUT2D eigenvalue weighted by Crippen LogP contribution is 2.19. The Morgan fingerprint density at radius 1 is 1.47 bits per heavy atom. The van der Waals surface area contributed by atoms with Crippen LogP contribution in [-0.4, -0.2) is 22.9 Å². The number of rotatable bonds is 4. The number of thiazole rings is 1. The van der Waals surface area contributed by atoms with E-state index >= 15 is 0 Å². The molecule has 2 aromatic heterocycles. The zero-order valence-electron chi connectivity index (χ0n) is 9.30. The number of pyridine rings is 1. The molecule has 6 heteroatoms. The molecule has 0 aliphatic carbocycles. The van der Waals surface area contributed by atoms with Gasteiger partial charge >= 0.3 is 0 Å². The number of aromatic nitrogens is 2. The molecule has 2 aromatic rings. The number of carbonyl (C=O) groups is 1. The van der Waals surface area contributed by atoms with Gasteiger partial charge in [0, 0.05) is 18.6 Å². The van der Waals surface area contributed by atoms with Crippen LogP contribution >= 0.6 is 11.3 Å². The van der Waals surface area contributed by atoms with Crippen molar-refractivity contribution in [3.05, 3.63) is 35.5 Å². The highest BCUT2D eigenvalue weighted by Gasteiger charge is 2.06. The highest BCUT2D eigenvalue weighted by molar-refractivity contribution is 7.13. The predicted molar refractivity (Wildman–Crippen MR) is 67.4 cm³/mol. The molecular formula is C11H12N4OS. The Bertz CT molecular complexity index is 497. The molecule has 2 heterocycles. The van der Waals surface area contributed by atoms with Crippen molar-refractivity contribution in [2.45, 2.75) is 6.42 Å². The van der Waals surface area contributed by atoms with E-state index in [0.717, 1.165) is 16.6 Å². The molecule has 0 saturated heterocycles. The minimum Gasteiger partial charge on any atom is -0.359 e. The lowest BCUT2D eigenvalue weighted by atomic mass is 10.3. The Kier molecular flexibility index (Phi) is 3.66. The van der Waals surface area contributed by atoms with Crippen molar-refractivity contribution in [1.82, 2.24) is 15.3 Å². The van der Waals surface area contributed by atoms with Gasteiger partial charge in [0.25, 0.3) is 0 Å². The van der Waals surface area contributed by atoms with Gasteiger partial charge in [0.2, 0.25) is 5.91 Å². The minimum atomic E-state index is -0.0420. The molecule has 2 N–H and O–H groups in total. The average molecular weight is 248 g/mol. The summed E-state index contributed by atoms with van der Waals surface area (Å²) in [4.78, 5) is 19.6. The fourth-order valence-corrected chi connectivity index (χ4v) is 1.96. The maximum Gasteiger partial charge on any atom is 0.225 e. The van der Waals surface area contributed by atoms with E-state index in [1.165, 1.54) is 11.3 Å². The number of amides is 1. The largest absolute Gasteiger partial charge is 0.359 e. The topological polar surface area (TPSA) is 66.9 Å². The highest BCUT2D eigenvalue weighted by atomic mass is 32.1. The lowest BCUT2D eigenvalue weighted by Crippen LogP contribution is -2.20. The van der Waals surface area contributed by atoms with E-state index in [4.69, 9.17) is 0 Å². The molecule has 0 fully saturated rings. The quantitative estimate of drug-likeness (QED) is 0.862. The van der Waals surface area contributed by atoms with E-state index in [0.29, 0.717) is 6.42 Å². The van der Waals surface area contributed by atoms with Gasteiger partial charge in [-0.2, -0.15) is 0 Å². The number of nitrogens with zero attached hydrogens (tertiary/aromatic N) is 2. The molecule has 0 unspecified atom stereocenters. The van der Waals surface area contributed by atoms with Crippen molar-refractivity contribution in [1.29, 1.82) is 0 Å². The zero-order valence-corrected chi connectivity index (χ0v) is 10.1. The maximum absolute atomic E-state index is 11.2. The van der Waals surface area contributed by atoms with Gasteiger partial charge in [0.15, 0.2) is 5.13 Å². The molecule has 0 spiro atoms. The normalized spacial score (nSPS) is 9.94. The smallest absolute Gasteiger partial charge is 0.225 e. The first-order valence-corrected chi connectivity index (χ1v) is 5.99. The summed E-state index contributed by atoms with van der Waals surface area (Å²) in [7, 11) is 1.61. The Balaban J connectivity index is 2.01. The Morgan fingerprint density at radius 3 is 3.06 bits per heavy atom. The lowest BCUT2D eigenvalue weighted by Gasteiger charge is -1.99. The maximum atomic E-state index is 11.2. The molecule has 0 aliphatic rings. The van der Waals surface area contributed by atoms with Crippen LogP contribution in [0.5, 0.6) is 0 Å². The molecule has 2 rings (SSSR count). The summed E-state index contributed by atoms with van der Waals surface area (Å²) in [6, 6.07) is 5.61. The Labute approximate surface area is 103 Å². The number of nitrogens with one attached hydrogen (secondary N) is 2. The van der Waals surface area contributed by atoms with E-state index < -0.39 is 0 Å². The first-order chi connectivity index (χ1) is 8.28. The van der Waals surface area contributed by atoms with Gasteiger partial charge in [-0.15, -0.1) is 11.3 Å². The fraction of sp³-hybridized carbons (Fsp3) is 0.182. The number of hydrogen-bond donors (Lipinski definition) is 2. The second-order valence-electron chi connectivity index (χ2n) is 3.33. The van der Waals surface area contributed by atoms with Crippen LogP contribution < -0.4 is 10.6 Å².